The molecule has 0 unspecified atom stereocenters. The number of carbonyl (C=O) groups excluding carboxylic acids is 2. The number of benzene rings is 2. The fourth-order valence-corrected chi connectivity index (χ4v) is 9.10. The van der Waals surface area contributed by atoms with E-state index in [1.54, 1.807) is 22.9 Å². The summed E-state index contributed by atoms with van der Waals surface area (Å²) in [5, 5.41) is 9.69. The van der Waals surface area contributed by atoms with Gasteiger partial charge in [-0.15, -0.1) is 0 Å². The highest BCUT2D eigenvalue weighted by Crippen LogP contribution is 2.61. The van der Waals surface area contributed by atoms with E-state index in [9.17, 15) is 14.7 Å². The van der Waals surface area contributed by atoms with Crippen molar-refractivity contribution in [3.63, 3.8) is 0 Å². The number of likely N-dealkylation sites (tertiary alicyclic amines) is 1. The highest BCUT2D eigenvalue weighted by Gasteiger charge is 2.67. The van der Waals surface area contributed by atoms with Crippen LogP contribution in [0.25, 0.3) is 0 Å². The zero-order valence-electron chi connectivity index (χ0n) is 20.5. The number of hydrogen-bond donors (Lipinski definition) is 1. The van der Waals surface area contributed by atoms with E-state index in [0.717, 1.165) is 29.8 Å². The Morgan fingerprint density at radius 3 is 2.54 bits per heavy atom. The first kappa shape index (κ1) is 24.2. The van der Waals surface area contributed by atoms with E-state index >= 15 is 4.11 Å². The molecule has 2 fully saturated rings. The van der Waals surface area contributed by atoms with Crippen molar-refractivity contribution in [2.24, 2.45) is 5.92 Å². The molecule has 5 atom stereocenters. The number of amides is 2. The topological polar surface area (TPSA) is 70.1 Å². The van der Waals surface area contributed by atoms with Crippen LogP contribution in [0.15, 0.2) is 54.6 Å². The molecule has 1 spiro atoms. The minimum Gasteiger partial charge on any atom is -0.394 e. The normalized spacial score (nSPS) is 30.4. The van der Waals surface area contributed by atoms with Crippen LogP contribution in [0, 0.1) is 5.92 Å². The fraction of sp³-hybridized carbons (Fsp3) is 0.481. The zero-order valence-corrected chi connectivity index (χ0v) is 21.5. The zero-order chi connectivity index (χ0) is 25.0. The van der Waals surface area contributed by atoms with Gasteiger partial charge in [-0.05, 0) is 44.1 Å². The summed E-state index contributed by atoms with van der Waals surface area (Å²) < 4.78 is 22.5. The molecule has 3 aliphatic rings. The van der Waals surface area contributed by atoms with Crippen molar-refractivity contribution in [2.45, 2.75) is 62.6 Å². The molecule has 2 saturated heterocycles. The fourth-order valence-electron chi connectivity index (χ4n) is 6.60. The van der Waals surface area contributed by atoms with Gasteiger partial charge in [0, 0.05) is 29.3 Å². The number of hydrogen-bond acceptors (Lipinski definition) is 4. The lowest BCUT2D eigenvalue weighted by atomic mass is 9.82. The van der Waals surface area contributed by atoms with Gasteiger partial charge < -0.3 is 18.9 Å². The number of aliphatic hydroxyl groups excluding tert-OH is 1. The molecule has 0 aromatic heterocycles. The largest absolute Gasteiger partial charge is 0.394 e. The molecule has 1 N–H and O–H groups in total. The van der Waals surface area contributed by atoms with Gasteiger partial charge in [-0.1, -0.05) is 43.3 Å². The second-order valence-electron chi connectivity index (χ2n) is 10.5. The molecule has 2 amide bonds. The molecule has 0 bridgehead atoms. The van der Waals surface area contributed by atoms with E-state index in [-0.39, 0.29) is 30.9 Å². The summed E-state index contributed by atoms with van der Waals surface area (Å²) in [4.78, 5) is 30.9. The first-order chi connectivity index (χ1) is 16.7. The highest BCUT2D eigenvalue weighted by molar-refractivity contribution is 6.72. The summed E-state index contributed by atoms with van der Waals surface area (Å²) >= 11 is 0. The number of ether oxygens (including phenoxy) is 1. The molecular formula is C27H33FN2O4Si. The minimum atomic E-state index is -3.34. The standard InChI is InChI=1S/C27H33FN2O4Si/c1-18-25(35(2,3)28)23(16-24(32)29-15-9-12-20(29)17-31)34-27(18)21-13-7-8-14-22(21)30(26(27)33)19-10-5-4-6-11-19/h4-8,10-11,13-14,18,20,23,25,31H,9,12,15-17H2,1-3H3/t18-,20+,23+,25-,27+/m1/s1. The first-order valence-electron chi connectivity index (χ1n) is 12.5. The van der Waals surface area contributed by atoms with Gasteiger partial charge in [-0.2, -0.15) is 0 Å². The summed E-state index contributed by atoms with van der Waals surface area (Å²) in [6, 6.07) is 16.8. The van der Waals surface area contributed by atoms with Crippen molar-refractivity contribution in [3.8, 4) is 0 Å². The Kier molecular flexibility index (Phi) is 6.10. The first-order valence-corrected chi connectivity index (χ1v) is 15.4. The van der Waals surface area contributed by atoms with Crippen molar-refractivity contribution < 1.29 is 23.5 Å². The maximum Gasteiger partial charge on any atom is 0.268 e. The van der Waals surface area contributed by atoms with E-state index in [2.05, 4.69) is 0 Å². The van der Waals surface area contributed by atoms with Crippen molar-refractivity contribution >= 4 is 31.6 Å². The Hall–Kier alpha value is -2.55. The van der Waals surface area contributed by atoms with Gasteiger partial charge in [0.1, 0.15) is 0 Å². The van der Waals surface area contributed by atoms with Crippen molar-refractivity contribution in [3.05, 3.63) is 60.2 Å². The average molecular weight is 497 g/mol. The Morgan fingerprint density at radius 2 is 1.86 bits per heavy atom. The molecule has 8 heteroatoms. The third-order valence-electron chi connectivity index (χ3n) is 8.07. The molecular weight excluding hydrogens is 463 g/mol. The van der Waals surface area contributed by atoms with E-state index in [0.29, 0.717) is 6.54 Å². The van der Waals surface area contributed by atoms with Crippen LogP contribution in [0.5, 0.6) is 0 Å². The molecule has 0 radical (unpaired) electrons. The predicted octanol–water partition coefficient (Wildman–Crippen LogP) is 4.51. The Labute approximate surface area is 206 Å². The molecule has 5 rings (SSSR count). The smallest absolute Gasteiger partial charge is 0.268 e. The van der Waals surface area contributed by atoms with Gasteiger partial charge in [-0.3, -0.25) is 14.5 Å². The van der Waals surface area contributed by atoms with Gasteiger partial charge in [0.25, 0.3) is 5.91 Å². The van der Waals surface area contributed by atoms with Crippen LogP contribution in [0.2, 0.25) is 18.6 Å². The highest BCUT2D eigenvalue weighted by atomic mass is 28.4. The summed E-state index contributed by atoms with van der Waals surface area (Å²) in [6.07, 6.45) is 0.901. The van der Waals surface area contributed by atoms with E-state index < -0.39 is 31.6 Å². The monoisotopic (exact) mass is 496 g/mol. The number of rotatable bonds is 5. The molecule has 6 nitrogen and oxygen atoms in total. The lowest BCUT2D eigenvalue weighted by Crippen LogP contribution is -2.44. The van der Waals surface area contributed by atoms with Gasteiger partial charge in [0.15, 0.2) is 5.60 Å². The third-order valence-corrected chi connectivity index (χ3v) is 10.5. The number of halogens is 1. The number of aliphatic hydroxyl groups is 1. The molecule has 35 heavy (non-hydrogen) atoms. The van der Waals surface area contributed by atoms with Crippen LogP contribution in [0.1, 0.15) is 31.7 Å². The summed E-state index contributed by atoms with van der Waals surface area (Å²) in [5.41, 5.74) is 0.316. The summed E-state index contributed by atoms with van der Waals surface area (Å²) in [7, 11) is -3.34. The lowest BCUT2D eigenvalue weighted by Gasteiger charge is -2.31. The molecule has 186 valence electrons. The van der Waals surface area contributed by atoms with Crippen LogP contribution in [-0.4, -0.2) is 55.5 Å². The number of carbonyl (C=O) groups is 2. The minimum absolute atomic E-state index is 0.00832. The van der Waals surface area contributed by atoms with Crippen LogP contribution in [0.3, 0.4) is 0 Å². The van der Waals surface area contributed by atoms with Gasteiger partial charge >= 0.3 is 0 Å². The Morgan fingerprint density at radius 1 is 1.17 bits per heavy atom. The molecule has 2 aromatic carbocycles. The van der Waals surface area contributed by atoms with E-state index in [4.69, 9.17) is 4.74 Å². The molecule has 0 saturated carbocycles. The van der Waals surface area contributed by atoms with Gasteiger partial charge in [0.2, 0.25) is 14.3 Å². The van der Waals surface area contributed by atoms with E-state index in [1.807, 2.05) is 61.5 Å². The van der Waals surface area contributed by atoms with Gasteiger partial charge in [0.05, 0.1) is 30.9 Å². The molecule has 2 aromatic rings. The number of nitrogens with zero attached hydrogens (tertiary/aromatic N) is 2. The second-order valence-corrected chi connectivity index (χ2v) is 14.3. The Bertz CT molecular complexity index is 1120. The van der Waals surface area contributed by atoms with Gasteiger partial charge in [-0.25, -0.2) is 0 Å². The molecule has 0 aliphatic carbocycles. The van der Waals surface area contributed by atoms with Crippen molar-refractivity contribution in [2.75, 3.05) is 18.1 Å². The Balaban J connectivity index is 1.55. The maximum absolute atomic E-state index is 15.9. The van der Waals surface area contributed by atoms with Crippen molar-refractivity contribution in [1.29, 1.82) is 0 Å². The third kappa shape index (κ3) is 3.73. The SMILES string of the molecule is C[C@@H]1[C@@H]([Si](C)(C)F)[C@H](CC(=O)N2CCC[C@H]2CO)O[C@@]12C(=O)N(c1ccccc1)c1ccccc12. The number of anilines is 2. The lowest BCUT2D eigenvalue weighted by molar-refractivity contribution is -0.149. The van der Waals surface area contributed by atoms with Crippen LogP contribution < -0.4 is 4.90 Å². The quantitative estimate of drug-likeness (QED) is 0.488. The number of para-hydroxylation sites is 2. The number of fused-ring (bicyclic) bond motifs is 2. The summed E-state index contributed by atoms with van der Waals surface area (Å²) in [5.74, 6) is -0.816. The van der Waals surface area contributed by atoms with E-state index in [1.165, 1.54) is 0 Å². The van der Waals surface area contributed by atoms with Crippen molar-refractivity contribution in [1.82, 2.24) is 4.90 Å². The maximum atomic E-state index is 15.9. The van der Waals surface area contributed by atoms with Crippen LogP contribution >= 0.6 is 0 Å². The molecule has 3 aliphatic heterocycles. The van der Waals surface area contributed by atoms with Crippen LogP contribution in [-0.2, 0) is 19.9 Å². The average Bonchev–Trinajstić information content (AvgIpc) is 3.49. The molecule has 3 heterocycles. The van der Waals surface area contributed by atoms with Crippen LogP contribution in [0.4, 0.5) is 15.5 Å². The second kappa shape index (κ2) is 8.83. The summed E-state index contributed by atoms with van der Waals surface area (Å²) in [6.45, 7) is 5.69. The predicted molar refractivity (Wildman–Crippen MR) is 135 cm³/mol.